The molecule has 0 aliphatic heterocycles. The van der Waals surface area contributed by atoms with Crippen LogP contribution in [0.4, 0.5) is 4.39 Å². The number of aliphatic hydroxyl groups is 1. The largest absolute Gasteiger partial charge is 0.389 e. The lowest BCUT2D eigenvalue weighted by molar-refractivity contribution is 0.0252. The first-order valence-corrected chi connectivity index (χ1v) is 6.73. The molecule has 19 heavy (non-hydrogen) atoms. The molecule has 0 amide bonds. The first-order valence-electron chi connectivity index (χ1n) is 6.73. The van der Waals surface area contributed by atoms with Crippen molar-refractivity contribution in [1.29, 1.82) is 0 Å². The van der Waals surface area contributed by atoms with Crippen molar-refractivity contribution in [1.82, 2.24) is 5.32 Å². The van der Waals surface area contributed by atoms with Gasteiger partial charge in [-0.25, -0.2) is 4.39 Å². The Morgan fingerprint density at radius 2 is 1.79 bits per heavy atom. The van der Waals surface area contributed by atoms with Gasteiger partial charge in [-0.05, 0) is 30.5 Å². The van der Waals surface area contributed by atoms with E-state index in [2.05, 4.69) is 19.2 Å². The van der Waals surface area contributed by atoms with Gasteiger partial charge in [-0.1, -0.05) is 26.0 Å². The average molecular weight is 269 g/mol. The van der Waals surface area contributed by atoms with E-state index in [-0.39, 0.29) is 11.9 Å². The van der Waals surface area contributed by atoms with Crippen molar-refractivity contribution >= 4 is 0 Å². The first-order chi connectivity index (χ1) is 8.99. The Hall–Kier alpha value is -0.970. The summed E-state index contributed by atoms with van der Waals surface area (Å²) in [6.45, 7) is 7.57. The summed E-state index contributed by atoms with van der Waals surface area (Å²) in [5.41, 5.74) is 0.997. The number of nitrogens with one attached hydrogen (secondary N) is 1. The van der Waals surface area contributed by atoms with Crippen LogP contribution in [0.5, 0.6) is 0 Å². The molecular formula is C15H24FNO2. The molecule has 2 N–H and O–H groups in total. The zero-order chi connectivity index (χ0) is 14.3. The second kappa shape index (κ2) is 8.25. The van der Waals surface area contributed by atoms with Gasteiger partial charge in [-0.2, -0.15) is 0 Å². The Morgan fingerprint density at radius 3 is 2.37 bits per heavy atom. The summed E-state index contributed by atoms with van der Waals surface area (Å²) in [6, 6.07) is 6.44. The summed E-state index contributed by atoms with van der Waals surface area (Å²) in [4.78, 5) is 0. The SMILES string of the molecule is CC(C)COCC(O)CN[C@@H](C)c1ccc(F)cc1. The van der Waals surface area contributed by atoms with Crippen molar-refractivity contribution in [3.8, 4) is 0 Å². The quantitative estimate of drug-likeness (QED) is 0.762. The lowest BCUT2D eigenvalue weighted by Crippen LogP contribution is -2.32. The summed E-state index contributed by atoms with van der Waals surface area (Å²) >= 11 is 0. The average Bonchev–Trinajstić information content (AvgIpc) is 2.36. The summed E-state index contributed by atoms with van der Waals surface area (Å²) in [6.07, 6.45) is -0.526. The molecule has 0 saturated heterocycles. The van der Waals surface area contributed by atoms with Crippen molar-refractivity contribution in [3.63, 3.8) is 0 Å². The number of rotatable bonds is 8. The van der Waals surface area contributed by atoms with Crippen LogP contribution < -0.4 is 5.32 Å². The van der Waals surface area contributed by atoms with Crippen molar-refractivity contribution < 1.29 is 14.2 Å². The molecule has 0 bridgehead atoms. The predicted octanol–water partition coefficient (Wildman–Crippen LogP) is 2.51. The lowest BCUT2D eigenvalue weighted by atomic mass is 10.1. The molecule has 4 heteroatoms. The Labute approximate surface area is 114 Å². The number of ether oxygens (including phenoxy) is 1. The predicted molar refractivity (Wildman–Crippen MR) is 74.5 cm³/mol. The smallest absolute Gasteiger partial charge is 0.123 e. The van der Waals surface area contributed by atoms with Crippen LogP contribution in [0.2, 0.25) is 0 Å². The lowest BCUT2D eigenvalue weighted by Gasteiger charge is -2.18. The third-order valence-electron chi connectivity index (χ3n) is 2.79. The van der Waals surface area contributed by atoms with Gasteiger partial charge in [0, 0.05) is 19.2 Å². The van der Waals surface area contributed by atoms with Crippen LogP contribution in [0.3, 0.4) is 0 Å². The molecule has 0 saturated carbocycles. The molecule has 108 valence electrons. The molecule has 0 aliphatic rings. The fourth-order valence-corrected chi connectivity index (χ4v) is 1.68. The molecule has 0 aliphatic carbocycles. The van der Waals surface area contributed by atoms with E-state index >= 15 is 0 Å². The van der Waals surface area contributed by atoms with E-state index < -0.39 is 6.10 Å². The third-order valence-corrected chi connectivity index (χ3v) is 2.79. The Morgan fingerprint density at radius 1 is 1.16 bits per heavy atom. The summed E-state index contributed by atoms with van der Waals surface area (Å²) < 4.78 is 18.2. The highest BCUT2D eigenvalue weighted by Crippen LogP contribution is 2.12. The van der Waals surface area contributed by atoms with Crippen LogP contribution in [0.1, 0.15) is 32.4 Å². The Bertz CT molecular complexity index is 354. The Balaban J connectivity index is 2.25. The van der Waals surface area contributed by atoms with Gasteiger partial charge in [-0.15, -0.1) is 0 Å². The molecule has 1 unspecified atom stereocenters. The zero-order valence-corrected chi connectivity index (χ0v) is 11.9. The highest BCUT2D eigenvalue weighted by atomic mass is 19.1. The molecule has 0 spiro atoms. The van der Waals surface area contributed by atoms with Crippen LogP contribution >= 0.6 is 0 Å². The van der Waals surface area contributed by atoms with E-state index in [0.717, 1.165) is 5.56 Å². The minimum atomic E-state index is -0.526. The topological polar surface area (TPSA) is 41.5 Å². The fourth-order valence-electron chi connectivity index (χ4n) is 1.68. The summed E-state index contributed by atoms with van der Waals surface area (Å²) in [5.74, 6) is 0.233. The van der Waals surface area contributed by atoms with Crippen molar-refractivity contribution in [2.75, 3.05) is 19.8 Å². The van der Waals surface area contributed by atoms with Crippen LogP contribution in [-0.4, -0.2) is 31.0 Å². The van der Waals surface area contributed by atoms with Gasteiger partial charge in [-0.3, -0.25) is 0 Å². The molecular weight excluding hydrogens is 245 g/mol. The van der Waals surface area contributed by atoms with Crippen molar-refractivity contribution in [2.45, 2.75) is 32.9 Å². The third kappa shape index (κ3) is 6.66. The van der Waals surface area contributed by atoms with Crippen LogP contribution in [0.15, 0.2) is 24.3 Å². The number of hydrogen-bond acceptors (Lipinski definition) is 3. The molecule has 1 aromatic rings. The van der Waals surface area contributed by atoms with E-state index in [1.54, 1.807) is 12.1 Å². The molecule has 3 nitrogen and oxygen atoms in total. The van der Waals surface area contributed by atoms with E-state index in [1.165, 1.54) is 12.1 Å². The van der Waals surface area contributed by atoms with Gasteiger partial charge in [0.05, 0.1) is 12.7 Å². The highest BCUT2D eigenvalue weighted by Gasteiger charge is 2.09. The molecule has 0 radical (unpaired) electrons. The van der Waals surface area contributed by atoms with Crippen LogP contribution in [-0.2, 0) is 4.74 Å². The maximum absolute atomic E-state index is 12.8. The maximum Gasteiger partial charge on any atom is 0.123 e. The van der Waals surface area contributed by atoms with Gasteiger partial charge in [0.15, 0.2) is 0 Å². The monoisotopic (exact) mass is 269 g/mol. The summed E-state index contributed by atoms with van der Waals surface area (Å²) in [5, 5.41) is 13.0. The number of hydrogen-bond donors (Lipinski definition) is 2. The first kappa shape index (κ1) is 16.1. The van der Waals surface area contributed by atoms with E-state index in [0.29, 0.717) is 25.7 Å². The van der Waals surface area contributed by atoms with Gasteiger partial charge < -0.3 is 15.2 Å². The van der Waals surface area contributed by atoms with Crippen LogP contribution in [0, 0.1) is 11.7 Å². The van der Waals surface area contributed by atoms with E-state index in [9.17, 15) is 9.50 Å². The summed E-state index contributed by atoms with van der Waals surface area (Å²) in [7, 11) is 0. The molecule has 0 heterocycles. The Kier molecular flexibility index (Phi) is 6.99. The van der Waals surface area contributed by atoms with Gasteiger partial charge in [0.2, 0.25) is 0 Å². The molecule has 0 fully saturated rings. The van der Waals surface area contributed by atoms with Gasteiger partial charge >= 0.3 is 0 Å². The molecule has 2 atom stereocenters. The number of halogens is 1. The fraction of sp³-hybridized carbons (Fsp3) is 0.600. The number of aliphatic hydroxyl groups excluding tert-OH is 1. The van der Waals surface area contributed by atoms with Crippen molar-refractivity contribution in [2.24, 2.45) is 5.92 Å². The normalized spacial score (nSPS) is 14.6. The standard InChI is InChI=1S/C15H24FNO2/c1-11(2)9-19-10-15(18)8-17-12(3)13-4-6-14(16)7-5-13/h4-7,11-12,15,17-18H,8-10H2,1-3H3/t12-,15?/m0/s1. The second-order valence-electron chi connectivity index (χ2n) is 5.27. The maximum atomic E-state index is 12.8. The molecule has 1 rings (SSSR count). The minimum absolute atomic E-state index is 0.0698. The molecule has 0 aromatic heterocycles. The van der Waals surface area contributed by atoms with E-state index in [4.69, 9.17) is 4.74 Å². The van der Waals surface area contributed by atoms with E-state index in [1.807, 2.05) is 6.92 Å². The highest BCUT2D eigenvalue weighted by molar-refractivity contribution is 5.19. The van der Waals surface area contributed by atoms with Gasteiger partial charge in [0.25, 0.3) is 0 Å². The zero-order valence-electron chi connectivity index (χ0n) is 11.9. The second-order valence-corrected chi connectivity index (χ2v) is 5.27. The molecule has 1 aromatic carbocycles. The minimum Gasteiger partial charge on any atom is -0.389 e. The van der Waals surface area contributed by atoms with Crippen molar-refractivity contribution in [3.05, 3.63) is 35.6 Å². The number of benzene rings is 1. The van der Waals surface area contributed by atoms with Gasteiger partial charge in [0.1, 0.15) is 5.82 Å². The van der Waals surface area contributed by atoms with Crippen LogP contribution in [0.25, 0.3) is 0 Å².